The molecule has 0 spiro atoms. The predicted octanol–water partition coefficient (Wildman–Crippen LogP) is -1.19. The molecule has 5 nitrogen and oxygen atoms in total. The van der Waals surface area contributed by atoms with E-state index in [1.165, 1.54) is 0 Å². The molecule has 0 aromatic rings. The molecule has 52 valence electrons. The zero-order chi connectivity index (χ0) is 6.85. The van der Waals surface area contributed by atoms with Crippen molar-refractivity contribution < 1.29 is 9.90 Å². The molecule has 1 aliphatic heterocycles. The van der Waals surface area contributed by atoms with E-state index in [9.17, 15) is 4.79 Å². The van der Waals surface area contributed by atoms with Crippen LogP contribution in [0.25, 0.3) is 0 Å². The molecule has 1 heterocycles. The van der Waals surface area contributed by atoms with Crippen LogP contribution in [0.5, 0.6) is 0 Å². The van der Waals surface area contributed by atoms with Gasteiger partial charge in [-0.25, -0.2) is 15.6 Å². The van der Waals surface area contributed by atoms with Crippen LogP contribution in [0.3, 0.4) is 0 Å². The summed E-state index contributed by atoms with van der Waals surface area (Å²) in [6.07, 6.45) is -1.07. The highest BCUT2D eigenvalue weighted by Gasteiger charge is 2.25. The number of carboxylic acid groups (broad SMARTS) is 1. The normalized spacial score (nSPS) is 18.8. The van der Waals surface area contributed by atoms with Gasteiger partial charge in [0.2, 0.25) is 0 Å². The Balaban J connectivity index is 2.32. The van der Waals surface area contributed by atoms with Crippen LogP contribution in [0.15, 0.2) is 0 Å². The predicted molar refractivity (Wildman–Crippen MR) is 30.7 cm³/mol. The molecule has 0 unspecified atom stereocenters. The van der Waals surface area contributed by atoms with E-state index in [-0.39, 0.29) is 6.04 Å². The summed E-state index contributed by atoms with van der Waals surface area (Å²) in [7, 11) is 0. The summed E-state index contributed by atoms with van der Waals surface area (Å²) in [6, 6.07) is -0.0255. The fraction of sp³-hybridized carbons (Fsp3) is 0.750. The molecule has 1 aliphatic rings. The van der Waals surface area contributed by atoms with E-state index in [1.54, 1.807) is 0 Å². The second kappa shape index (κ2) is 2.20. The fourth-order valence-corrected chi connectivity index (χ4v) is 0.626. The molecule has 0 bridgehead atoms. The Kier molecular flexibility index (Phi) is 1.54. The van der Waals surface area contributed by atoms with Crippen LogP contribution in [-0.2, 0) is 0 Å². The van der Waals surface area contributed by atoms with Crippen molar-refractivity contribution in [3.63, 3.8) is 0 Å². The first-order chi connectivity index (χ1) is 4.22. The summed E-state index contributed by atoms with van der Waals surface area (Å²) in [5.41, 5.74) is 0. The molecule has 1 saturated heterocycles. The van der Waals surface area contributed by atoms with Gasteiger partial charge in [-0.05, 0) is 0 Å². The molecule has 0 saturated carbocycles. The van der Waals surface area contributed by atoms with Gasteiger partial charge >= 0.3 is 6.09 Å². The van der Waals surface area contributed by atoms with E-state index in [0.29, 0.717) is 13.1 Å². The fourth-order valence-electron chi connectivity index (χ4n) is 0.626. The van der Waals surface area contributed by atoms with Crippen molar-refractivity contribution in [1.29, 1.82) is 0 Å². The van der Waals surface area contributed by atoms with E-state index in [0.717, 1.165) is 5.01 Å². The van der Waals surface area contributed by atoms with E-state index in [2.05, 4.69) is 5.32 Å². The molecular weight excluding hydrogens is 122 g/mol. The van der Waals surface area contributed by atoms with Gasteiger partial charge in [-0.15, -0.1) is 0 Å². The highest BCUT2D eigenvalue weighted by Crippen LogP contribution is 1.98. The zero-order valence-corrected chi connectivity index (χ0v) is 4.87. The second-order valence-corrected chi connectivity index (χ2v) is 2.00. The molecule has 0 aromatic heterocycles. The van der Waals surface area contributed by atoms with Gasteiger partial charge in [-0.2, -0.15) is 0 Å². The molecule has 0 aliphatic carbocycles. The van der Waals surface area contributed by atoms with E-state index >= 15 is 0 Å². The van der Waals surface area contributed by atoms with Crippen molar-refractivity contribution in [3.8, 4) is 0 Å². The number of carbonyl (C=O) groups is 1. The van der Waals surface area contributed by atoms with E-state index in [4.69, 9.17) is 10.9 Å². The van der Waals surface area contributed by atoms with E-state index in [1.807, 2.05) is 0 Å². The monoisotopic (exact) mass is 131 g/mol. The number of nitrogens with one attached hydrogen (secondary N) is 1. The maximum atomic E-state index is 10.1. The lowest BCUT2D eigenvalue weighted by Gasteiger charge is -2.32. The molecule has 4 N–H and O–H groups in total. The lowest BCUT2D eigenvalue weighted by molar-refractivity contribution is 0.107. The summed E-state index contributed by atoms with van der Waals surface area (Å²) < 4.78 is 0. The van der Waals surface area contributed by atoms with Gasteiger partial charge in [-0.3, -0.25) is 0 Å². The van der Waals surface area contributed by atoms with Crippen molar-refractivity contribution >= 4 is 6.09 Å². The first-order valence-electron chi connectivity index (χ1n) is 2.69. The Morgan fingerprint density at radius 2 is 2.33 bits per heavy atom. The maximum absolute atomic E-state index is 10.1. The number of nitrogens with zero attached hydrogens (tertiary/aromatic N) is 1. The number of amides is 1. The maximum Gasteiger partial charge on any atom is 0.421 e. The molecule has 1 fully saturated rings. The van der Waals surface area contributed by atoms with Crippen LogP contribution in [0.2, 0.25) is 0 Å². The summed E-state index contributed by atoms with van der Waals surface area (Å²) in [5.74, 6) is 5.12. The van der Waals surface area contributed by atoms with Crippen LogP contribution in [-0.4, -0.2) is 35.3 Å². The highest BCUT2D eigenvalue weighted by atomic mass is 16.4. The van der Waals surface area contributed by atoms with Crippen molar-refractivity contribution in [1.82, 2.24) is 10.3 Å². The lowest BCUT2D eigenvalue weighted by atomic mass is 10.2. The highest BCUT2D eigenvalue weighted by molar-refractivity contribution is 5.64. The lowest BCUT2D eigenvalue weighted by Crippen LogP contribution is -2.61. The second-order valence-electron chi connectivity index (χ2n) is 2.00. The van der Waals surface area contributed by atoms with Gasteiger partial charge in [0.25, 0.3) is 0 Å². The number of hydrogen-bond acceptors (Lipinski definition) is 3. The minimum atomic E-state index is -1.07. The molecule has 0 aromatic carbocycles. The number of hydrazine groups is 1. The minimum absolute atomic E-state index is 0.0255. The molecule has 5 heteroatoms. The molecular formula is C4H9N3O2. The van der Waals surface area contributed by atoms with Gasteiger partial charge < -0.3 is 10.4 Å². The van der Waals surface area contributed by atoms with Crippen LogP contribution >= 0.6 is 0 Å². The smallest absolute Gasteiger partial charge is 0.421 e. The van der Waals surface area contributed by atoms with Gasteiger partial charge in [0.05, 0.1) is 6.04 Å². The number of nitrogens with two attached hydrogens (primary N) is 1. The largest absolute Gasteiger partial charge is 0.464 e. The minimum Gasteiger partial charge on any atom is -0.464 e. The Labute approximate surface area is 52.4 Å². The number of hydrogen-bond donors (Lipinski definition) is 3. The van der Waals surface area contributed by atoms with Crippen LogP contribution in [0, 0.1) is 0 Å². The molecule has 0 atom stereocenters. The molecule has 1 rings (SSSR count). The van der Waals surface area contributed by atoms with E-state index < -0.39 is 6.09 Å². The average molecular weight is 131 g/mol. The summed E-state index contributed by atoms with van der Waals surface area (Å²) in [5, 5.41) is 12.0. The van der Waals surface area contributed by atoms with Crippen molar-refractivity contribution in [2.45, 2.75) is 6.04 Å². The third-order valence-corrected chi connectivity index (χ3v) is 1.37. The third kappa shape index (κ3) is 1.11. The Morgan fingerprint density at radius 3 is 2.44 bits per heavy atom. The average Bonchev–Trinajstić information content (AvgIpc) is 1.60. The first kappa shape index (κ1) is 6.31. The van der Waals surface area contributed by atoms with Crippen molar-refractivity contribution in [3.05, 3.63) is 0 Å². The summed E-state index contributed by atoms with van der Waals surface area (Å²) >= 11 is 0. The Hall–Kier alpha value is -0.810. The van der Waals surface area contributed by atoms with Gasteiger partial charge in [0.15, 0.2) is 0 Å². The molecule has 0 radical (unpaired) electrons. The van der Waals surface area contributed by atoms with Gasteiger partial charge in [0, 0.05) is 13.1 Å². The summed E-state index contributed by atoms with van der Waals surface area (Å²) in [4.78, 5) is 10.1. The summed E-state index contributed by atoms with van der Waals surface area (Å²) in [6.45, 7) is 1.34. The molecule has 9 heavy (non-hydrogen) atoms. The Bertz CT molecular complexity index is 123. The van der Waals surface area contributed by atoms with Crippen molar-refractivity contribution in [2.24, 2.45) is 5.84 Å². The van der Waals surface area contributed by atoms with Crippen LogP contribution in [0.4, 0.5) is 4.79 Å². The zero-order valence-electron chi connectivity index (χ0n) is 4.87. The van der Waals surface area contributed by atoms with Crippen LogP contribution < -0.4 is 11.2 Å². The standard InChI is InChI=1S/C4H9N3O2/c5-7(4(8)9)3-1-6-2-3/h3,6H,1-2,5H2,(H,8,9). The van der Waals surface area contributed by atoms with Crippen molar-refractivity contribution in [2.75, 3.05) is 13.1 Å². The third-order valence-electron chi connectivity index (χ3n) is 1.37. The first-order valence-corrected chi connectivity index (χ1v) is 2.69. The van der Waals surface area contributed by atoms with Crippen LogP contribution in [0.1, 0.15) is 0 Å². The topological polar surface area (TPSA) is 78.6 Å². The number of rotatable bonds is 1. The quantitative estimate of drug-likeness (QED) is 0.237. The van der Waals surface area contributed by atoms with Gasteiger partial charge in [-0.1, -0.05) is 0 Å². The SMILES string of the molecule is NN(C(=O)O)C1CNC1. The van der Waals surface area contributed by atoms with Gasteiger partial charge in [0.1, 0.15) is 0 Å². The molecule has 1 amide bonds. The Morgan fingerprint density at radius 1 is 1.78 bits per heavy atom.